The molecule has 5 nitrogen and oxygen atoms in total. The summed E-state index contributed by atoms with van der Waals surface area (Å²) in [4.78, 5) is 27.9. The van der Waals surface area contributed by atoms with Gasteiger partial charge in [0.05, 0.1) is 17.8 Å². The van der Waals surface area contributed by atoms with Crippen LogP contribution < -0.4 is 10.1 Å². The number of nitrogens with zero attached hydrogens (tertiary/aromatic N) is 1. The minimum absolute atomic E-state index is 0.0378. The monoisotopic (exact) mass is 454 g/mol. The van der Waals surface area contributed by atoms with Crippen molar-refractivity contribution in [2.24, 2.45) is 5.92 Å². The smallest absolute Gasteiger partial charge is 0.246 e. The number of thiophene rings is 1. The number of rotatable bonds is 5. The van der Waals surface area contributed by atoms with Crippen molar-refractivity contribution in [3.63, 3.8) is 0 Å². The number of anilines is 1. The average Bonchev–Trinajstić information content (AvgIpc) is 3.13. The van der Waals surface area contributed by atoms with Gasteiger partial charge >= 0.3 is 0 Å². The first-order chi connectivity index (χ1) is 15.1. The number of methoxy groups -OCH3 is 1. The Morgan fingerprint density at radius 1 is 1.13 bits per heavy atom. The van der Waals surface area contributed by atoms with E-state index in [1.807, 2.05) is 48.5 Å². The van der Waals surface area contributed by atoms with E-state index in [2.05, 4.69) is 5.32 Å². The molecule has 1 N–H and O–H groups in total. The summed E-state index contributed by atoms with van der Waals surface area (Å²) in [6, 6.07) is 15.3. The second-order valence-electron chi connectivity index (χ2n) is 7.40. The Labute approximate surface area is 190 Å². The van der Waals surface area contributed by atoms with Gasteiger partial charge in [-0.05, 0) is 37.1 Å². The fraction of sp³-hybridized carbons (Fsp3) is 0.250. The quantitative estimate of drug-likeness (QED) is 0.521. The van der Waals surface area contributed by atoms with E-state index in [0.717, 1.165) is 15.0 Å². The molecule has 2 heterocycles. The zero-order valence-electron chi connectivity index (χ0n) is 17.1. The highest BCUT2D eigenvalue weighted by atomic mass is 35.5. The second kappa shape index (κ2) is 9.54. The number of carbonyl (C=O) groups excluding carboxylic acids is 2. The molecule has 0 unspecified atom stereocenters. The third kappa shape index (κ3) is 4.75. The first-order valence-corrected chi connectivity index (χ1v) is 11.3. The van der Waals surface area contributed by atoms with E-state index >= 15 is 0 Å². The largest absolute Gasteiger partial charge is 0.495 e. The molecule has 0 radical (unpaired) electrons. The Morgan fingerprint density at radius 3 is 2.58 bits per heavy atom. The van der Waals surface area contributed by atoms with Crippen molar-refractivity contribution in [1.29, 1.82) is 0 Å². The molecule has 2 amide bonds. The van der Waals surface area contributed by atoms with Gasteiger partial charge < -0.3 is 15.0 Å². The Hall–Kier alpha value is -2.83. The van der Waals surface area contributed by atoms with Crippen molar-refractivity contribution in [1.82, 2.24) is 4.90 Å². The topological polar surface area (TPSA) is 58.6 Å². The number of para-hydroxylation sites is 2. The number of carbonyl (C=O) groups is 2. The van der Waals surface area contributed by atoms with Gasteiger partial charge in [-0.3, -0.25) is 9.59 Å². The van der Waals surface area contributed by atoms with Gasteiger partial charge in [-0.25, -0.2) is 0 Å². The van der Waals surface area contributed by atoms with Crippen LogP contribution in [0.3, 0.4) is 0 Å². The number of hydrogen-bond acceptors (Lipinski definition) is 4. The lowest BCUT2D eigenvalue weighted by Gasteiger charge is -2.30. The number of nitrogens with one attached hydrogen (secondary N) is 1. The molecular formula is C24H23ClN2O3S. The Bertz CT molecular complexity index is 1130. The van der Waals surface area contributed by atoms with Gasteiger partial charge in [0, 0.05) is 40.0 Å². The molecule has 0 atom stereocenters. The summed E-state index contributed by atoms with van der Waals surface area (Å²) >= 11 is 8.02. The fourth-order valence-corrected chi connectivity index (χ4v) is 5.14. The normalized spacial score (nSPS) is 14.8. The van der Waals surface area contributed by atoms with Crippen LogP contribution in [0.4, 0.5) is 5.69 Å². The van der Waals surface area contributed by atoms with Crippen LogP contribution >= 0.6 is 22.9 Å². The molecule has 2 aromatic carbocycles. The predicted octanol–water partition coefficient (Wildman–Crippen LogP) is 5.45. The number of fused-ring (bicyclic) bond motifs is 1. The van der Waals surface area contributed by atoms with Crippen LogP contribution in [0.5, 0.6) is 5.75 Å². The fourth-order valence-electron chi connectivity index (χ4n) is 3.74. The first-order valence-electron chi connectivity index (χ1n) is 10.1. The molecule has 1 fully saturated rings. The van der Waals surface area contributed by atoms with E-state index in [1.54, 1.807) is 35.5 Å². The minimum atomic E-state index is -0.130. The van der Waals surface area contributed by atoms with Crippen LogP contribution in [0.15, 0.2) is 54.6 Å². The molecule has 4 rings (SSSR count). The summed E-state index contributed by atoms with van der Waals surface area (Å²) < 4.78 is 6.39. The number of ether oxygens (including phenoxy) is 1. The van der Waals surface area contributed by atoms with Crippen molar-refractivity contribution in [3.05, 3.63) is 64.5 Å². The summed E-state index contributed by atoms with van der Waals surface area (Å²) in [7, 11) is 1.58. The van der Waals surface area contributed by atoms with Gasteiger partial charge in [0.1, 0.15) is 5.75 Å². The molecule has 1 aromatic heterocycles. The standard InChI is InChI=1S/C24H23ClN2O3S/c1-30-19-8-4-3-7-18(19)26-24(29)16-12-14-27(15-13-16)22(28)11-10-21-23(25)17-6-2-5-9-20(17)31-21/h2-11,16H,12-15H2,1H3,(H,26,29)/b11-10+. The van der Waals surface area contributed by atoms with Crippen molar-refractivity contribution in [2.45, 2.75) is 12.8 Å². The van der Waals surface area contributed by atoms with Crippen LogP contribution in [-0.4, -0.2) is 36.9 Å². The average molecular weight is 455 g/mol. The molecule has 0 aliphatic carbocycles. The van der Waals surface area contributed by atoms with E-state index in [1.165, 1.54) is 0 Å². The summed E-state index contributed by atoms with van der Waals surface area (Å²) in [5.74, 6) is 0.407. The lowest BCUT2D eigenvalue weighted by Crippen LogP contribution is -2.40. The third-order valence-electron chi connectivity index (χ3n) is 5.48. The molecule has 7 heteroatoms. The second-order valence-corrected chi connectivity index (χ2v) is 8.86. The van der Waals surface area contributed by atoms with E-state index in [-0.39, 0.29) is 17.7 Å². The maximum Gasteiger partial charge on any atom is 0.246 e. The van der Waals surface area contributed by atoms with Crippen molar-refractivity contribution >= 4 is 56.6 Å². The Balaban J connectivity index is 1.33. The highest BCUT2D eigenvalue weighted by molar-refractivity contribution is 7.20. The number of benzene rings is 2. The lowest BCUT2D eigenvalue weighted by atomic mass is 9.95. The van der Waals surface area contributed by atoms with Crippen molar-refractivity contribution in [3.8, 4) is 5.75 Å². The van der Waals surface area contributed by atoms with Crippen LogP contribution in [0, 0.1) is 5.92 Å². The lowest BCUT2D eigenvalue weighted by molar-refractivity contribution is -0.130. The van der Waals surface area contributed by atoms with Crippen LogP contribution in [0.25, 0.3) is 16.2 Å². The van der Waals surface area contributed by atoms with Gasteiger partial charge in [-0.2, -0.15) is 0 Å². The molecule has 0 bridgehead atoms. The molecule has 1 aliphatic heterocycles. The number of amides is 2. The third-order valence-corrected chi connectivity index (χ3v) is 7.13. The molecule has 160 valence electrons. The highest BCUT2D eigenvalue weighted by Crippen LogP contribution is 2.36. The predicted molar refractivity (Wildman–Crippen MR) is 127 cm³/mol. The zero-order valence-corrected chi connectivity index (χ0v) is 18.7. The molecule has 1 aliphatic rings. The molecule has 31 heavy (non-hydrogen) atoms. The van der Waals surface area contributed by atoms with Gasteiger partial charge in [0.2, 0.25) is 11.8 Å². The first kappa shape index (κ1) is 21.4. The van der Waals surface area contributed by atoms with E-state index in [9.17, 15) is 9.59 Å². The van der Waals surface area contributed by atoms with E-state index < -0.39 is 0 Å². The Kier molecular flexibility index (Phi) is 6.59. The number of hydrogen-bond donors (Lipinski definition) is 1. The number of likely N-dealkylation sites (tertiary alicyclic amines) is 1. The van der Waals surface area contributed by atoms with Gasteiger partial charge in [-0.15, -0.1) is 11.3 Å². The van der Waals surface area contributed by atoms with E-state index in [4.69, 9.17) is 16.3 Å². The number of halogens is 1. The SMILES string of the molecule is COc1ccccc1NC(=O)C1CCN(C(=O)/C=C/c2sc3ccccc3c2Cl)CC1. The van der Waals surface area contributed by atoms with E-state index in [0.29, 0.717) is 42.4 Å². The molecule has 0 spiro atoms. The van der Waals surface area contributed by atoms with Gasteiger partial charge in [0.25, 0.3) is 0 Å². The van der Waals surface area contributed by atoms with Crippen LogP contribution in [0.2, 0.25) is 5.02 Å². The summed E-state index contributed by atoms with van der Waals surface area (Å²) in [6.45, 7) is 1.10. The van der Waals surface area contributed by atoms with Crippen molar-refractivity contribution < 1.29 is 14.3 Å². The number of piperidine rings is 1. The van der Waals surface area contributed by atoms with Crippen molar-refractivity contribution in [2.75, 3.05) is 25.5 Å². The Morgan fingerprint density at radius 2 is 1.84 bits per heavy atom. The summed E-state index contributed by atoms with van der Waals surface area (Å²) in [5.41, 5.74) is 0.664. The zero-order chi connectivity index (χ0) is 21.8. The highest BCUT2D eigenvalue weighted by Gasteiger charge is 2.27. The maximum atomic E-state index is 12.6. The molecule has 3 aromatic rings. The molecule has 0 saturated carbocycles. The molecular weight excluding hydrogens is 432 g/mol. The minimum Gasteiger partial charge on any atom is -0.495 e. The van der Waals surface area contributed by atoms with Crippen LogP contribution in [-0.2, 0) is 9.59 Å². The summed E-state index contributed by atoms with van der Waals surface area (Å²) in [6.07, 6.45) is 4.62. The molecule has 1 saturated heterocycles. The van der Waals surface area contributed by atoms with Gasteiger partial charge in [-0.1, -0.05) is 41.9 Å². The van der Waals surface area contributed by atoms with Crippen LogP contribution in [0.1, 0.15) is 17.7 Å². The maximum absolute atomic E-state index is 12.6. The van der Waals surface area contributed by atoms with Gasteiger partial charge in [0.15, 0.2) is 0 Å². The summed E-state index contributed by atoms with van der Waals surface area (Å²) in [5, 5.41) is 4.63.